The van der Waals surface area contributed by atoms with Crippen molar-refractivity contribution in [1.29, 1.82) is 0 Å². The van der Waals surface area contributed by atoms with E-state index in [0.29, 0.717) is 28.8 Å². The van der Waals surface area contributed by atoms with Crippen molar-refractivity contribution in [3.8, 4) is 0 Å². The number of sulfone groups is 1. The lowest BCUT2D eigenvalue weighted by molar-refractivity contribution is -0.123. The summed E-state index contributed by atoms with van der Waals surface area (Å²) in [5, 5.41) is 3.04. The van der Waals surface area contributed by atoms with Crippen LogP contribution in [0, 0.1) is 0 Å². The number of nitrogens with zero attached hydrogens (tertiary/aromatic N) is 3. The molecule has 2 aromatic rings. The largest absolute Gasteiger partial charge is 0.366 e. The van der Waals surface area contributed by atoms with Gasteiger partial charge in [0.25, 0.3) is 11.5 Å². The Hall–Kier alpha value is -2.50. The maximum atomic E-state index is 13.1. The summed E-state index contributed by atoms with van der Waals surface area (Å²) in [7, 11) is -3.17. The Kier molecular flexibility index (Phi) is 5.51. The lowest BCUT2D eigenvalue weighted by atomic mass is 10.2. The maximum Gasteiger partial charge on any atom is 0.267 e. The van der Waals surface area contributed by atoms with Gasteiger partial charge in [0, 0.05) is 12.7 Å². The molecule has 0 aromatic carbocycles. The van der Waals surface area contributed by atoms with Gasteiger partial charge in [-0.3, -0.25) is 18.9 Å². The van der Waals surface area contributed by atoms with Gasteiger partial charge in [-0.05, 0) is 24.6 Å². The smallest absolute Gasteiger partial charge is 0.267 e. The van der Waals surface area contributed by atoms with Gasteiger partial charge in [-0.2, -0.15) is 0 Å². The molecule has 2 aliphatic heterocycles. The molecular formula is C19H18N4O4S3. The minimum absolute atomic E-state index is 0.0410. The van der Waals surface area contributed by atoms with Crippen LogP contribution in [0.2, 0.25) is 0 Å². The highest BCUT2D eigenvalue weighted by atomic mass is 32.2. The second-order valence-corrected chi connectivity index (χ2v) is 10.8. The summed E-state index contributed by atoms with van der Waals surface area (Å²) in [6, 6.07) is 4.74. The Morgan fingerprint density at radius 3 is 2.87 bits per heavy atom. The normalized spacial score (nSPS) is 22.2. The van der Waals surface area contributed by atoms with Crippen LogP contribution in [0.15, 0.2) is 46.8 Å². The summed E-state index contributed by atoms with van der Waals surface area (Å²) in [5.74, 6) is -0.114. The lowest BCUT2D eigenvalue weighted by Crippen LogP contribution is -2.39. The molecule has 1 N–H and O–H groups in total. The van der Waals surface area contributed by atoms with Crippen molar-refractivity contribution < 1.29 is 13.2 Å². The highest BCUT2D eigenvalue weighted by Gasteiger charge is 2.42. The van der Waals surface area contributed by atoms with E-state index in [4.69, 9.17) is 12.2 Å². The van der Waals surface area contributed by atoms with Gasteiger partial charge in [0.05, 0.1) is 28.0 Å². The van der Waals surface area contributed by atoms with Crippen molar-refractivity contribution in [2.45, 2.75) is 12.5 Å². The standard InChI is InChI=1S/C19H18N4O4S3/c1-2-7-20-16-13(17(24)22-8-4-3-5-15(22)21-16)10-14-18(25)23(19(28)29-14)12-6-9-30(26,27)11-12/h2-5,8,10,12,20H,1,6-7,9,11H2. The number of carbonyl (C=O) groups is 1. The van der Waals surface area contributed by atoms with E-state index in [1.54, 1.807) is 30.5 Å². The van der Waals surface area contributed by atoms with Gasteiger partial charge in [-0.1, -0.05) is 36.1 Å². The molecular weight excluding hydrogens is 444 g/mol. The summed E-state index contributed by atoms with van der Waals surface area (Å²) in [6.07, 6.45) is 5.07. The number of pyridine rings is 1. The van der Waals surface area contributed by atoms with Gasteiger partial charge in [0.15, 0.2) is 9.84 Å². The Morgan fingerprint density at radius 2 is 2.17 bits per heavy atom. The first kappa shape index (κ1) is 20.8. The van der Waals surface area contributed by atoms with Crippen LogP contribution in [0.3, 0.4) is 0 Å². The molecule has 4 heterocycles. The number of carbonyl (C=O) groups excluding carboxylic acids is 1. The number of thiocarbonyl (C=S) groups is 1. The molecule has 0 spiro atoms. The third-order valence-electron chi connectivity index (χ3n) is 4.86. The van der Waals surface area contributed by atoms with Crippen molar-refractivity contribution in [2.75, 3.05) is 23.4 Å². The van der Waals surface area contributed by atoms with Gasteiger partial charge in [0.1, 0.15) is 15.8 Å². The molecule has 0 bridgehead atoms. The molecule has 8 nitrogen and oxygen atoms in total. The zero-order valence-electron chi connectivity index (χ0n) is 15.8. The van der Waals surface area contributed by atoms with Gasteiger partial charge >= 0.3 is 0 Å². The molecule has 2 saturated heterocycles. The fourth-order valence-corrected chi connectivity index (χ4v) is 6.52. The first-order valence-corrected chi connectivity index (χ1v) is 12.2. The first-order chi connectivity index (χ1) is 14.3. The molecule has 1 unspecified atom stereocenters. The molecule has 0 aliphatic carbocycles. The molecule has 11 heteroatoms. The Bertz CT molecular complexity index is 1270. The maximum absolute atomic E-state index is 13.1. The van der Waals surface area contributed by atoms with Crippen LogP contribution < -0.4 is 10.9 Å². The topological polar surface area (TPSA) is 101 Å². The number of thioether (sulfide) groups is 1. The molecule has 30 heavy (non-hydrogen) atoms. The summed E-state index contributed by atoms with van der Waals surface area (Å²) >= 11 is 6.40. The minimum Gasteiger partial charge on any atom is -0.366 e. The van der Waals surface area contributed by atoms with Gasteiger partial charge in [-0.15, -0.1) is 6.58 Å². The third-order valence-corrected chi connectivity index (χ3v) is 7.94. The number of anilines is 1. The molecule has 0 radical (unpaired) electrons. The Labute approximate surface area is 182 Å². The van der Waals surface area contributed by atoms with Crippen molar-refractivity contribution in [1.82, 2.24) is 14.3 Å². The van der Waals surface area contributed by atoms with E-state index in [2.05, 4.69) is 16.9 Å². The highest BCUT2D eigenvalue weighted by molar-refractivity contribution is 8.26. The fraction of sp³-hybridized carbons (Fsp3) is 0.263. The van der Waals surface area contributed by atoms with E-state index in [1.807, 2.05) is 0 Å². The number of rotatable bonds is 5. The van der Waals surface area contributed by atoms with Crippen LogP contribution in [0.5, 0.6) is 0 Å². The average Bonchev–Trinajstić information content (AvgIpc) is 3.20. The van der Waals surface area contributed by atoms with E-state index in [1.165, 1.54) is 15.4 Å². The molecule has 156 valence electrons. The van der Waals surface area contributed by atoms with Gasteiger partial charge in [0.2, 0.25) is 0 Å². The number of fused-ring (bicyclic) bond motifs is 1. The SMILES string of the molecule is C=CCNc1nc2ccccn2c(=O)c1C=C1SC(=S)N(C2CCS(=O)(=O)C2)C1=O. The van der Waals surface area contributed by atoms with Crippen molar-refractivity contribution in [3.05, 3.63) is 57.9 Å². The predicted octanol–water partition coefficient (Wildman–Crippen LogP) is 1.68. The van der Waals surface area contributed by atoms with Gasteiger partial charge < -0.3 is 5.32 Å². The number of amides is 1. The monoisotopic (exact) mass is 462 g/mol. The molecule has 2 aromatic heterocycles. The predicted molar refractivity (Wildman–Crippen MR) is 122 cm³/mol. The van der Waals surface area contributed by atoms with Crippen molar-refractivity contribution in [2.24, 2.45) is 0 Å². The zero-order valence-corrected chi connectivity index (χ0v) is 18.2. The average molecular weight is 463 g/mol. The number of hydrogen-bond donors (Lipinski definition) is 1. The van der Waals surface area contributed by atoms with Crippen LogP contribution in [-0.2, 0) is 14.6 Å². The summed E-state index contributed by atoms with van der Waals surface area (Å²) in [4.78, 5) is 32.2. The van der Waals surface area contributed by atoms with Crippen molar-refractivity contribution in [3.63, 3.8) is 0 Å². The fourth-order valence-electron chi connectivity index (χ4n) is 3.44. The van der Waals surface area contributed by atoms with E-state index in [-0.39, 0.29) is 33.4 Å². The van der Waals surface area contributed by atoms with Gasteiger partial charge in [-0.25, -0.2) is 13.4 Å². The van der Waals surface area contributed by atoms with E-state index < -0.39 is 15.9 Å². The summed E-state index contributed by atoms with van der Waals surface area (Å²) in [6.45, 7) is 4.05. The van der Waals surface area contributed by atoms with Crippen LogP contribution in [0.25, 0.3) is 11.7 Å². The van der Waals surface area contributed by atoms with Crippen molar-refractivity contribution >= 4 is 61.6 Å². The summed E-state index contributed by atoms with van der Waals surface area (Å²) < 4.78 is 25.3. The molecule has 2 aliphatic rings. The molecule has 4 rings (SSSR count). The molecule has 1 amide bonds. The summed E-state index contributed by atoms with van der Waals surface area (Å²) in [5.41, 5.74) is 0.357. The Morgan fingerprint density at radius 1 is 1.37 bits per heavy atom. The molecule has 2 fully saturated rings. The number of aromatic nitrogens is 2. The van der Waals surface area contributed by atoms with Crippen LogP contribution in [-0.4, -0.2) is 57.0 Å². The van der Waals surface area contributed by atoms with E-state index >= 15 is 0 Å². The number of nitrogens with one attached hydrogen (secondary N) is 1. The number of hydrogen-bond acceptors (Lipinski definition) is 8. The zero-order chi connectivity index (χ0) is 21.5. The lowest BCUT2D eigenvalue weighted by Gasteiger charge is -2.20. The quantitative estimate of drug-likeness (QED) is 0.407. The highest BCUT2D eigenvalue weighted by Crippen LogP contribution is 2.36. The van der Waals surface area contributed by atoms with E-state index in [0.717, 1.165) is 11.8 Å². The molecule has 0 saturated carbocycles. The second-order valence-electron chi connectivity index (χ2n) is 6.89. The minimum atomic E-state index is -3.17. The third kappa shape index (κ3) is 3.80. The van der Waals surface area contributed by atoms with E-state index in [9.17, 15) is 18.0 Å². The van der Waals surface area contributed by atoms with Crippen LogP contribution in [0.1, 0.15) is 12.0 Å². The molecule has 1 atom stereocenters. The first-order valence-electron chi connectivity index (χ1n) is 9.14. The van der Waals surface area contributed by atoms with Crippen LogP contribution in [0.4, 0.5) is 5.82 Å². The Balaban J connectivity index is 1.76. The van der Waals surface area contributed by atoms with Crippen LogP contribution >= 0.6 is 24.0 Å². The second kappa shape index (κ2) is 7.97.